The van der Waals surface area contributed by atoms with Gasteiger partial charge in [-0.3, -0.25) is 4.72 Å². The average molecular weight is 411 g/mol. The van der Waals surface area contributed by atoms with Gasteiger partial charge in [-0.05, 0) is 49.4 Å². The number of aromatic nitrogens is 2. The Kier molecular flexibility index (Phi) is 4.81. The molecule has 9 heteroatoms. The van der Waals surface area contributed by atoms with Crippen LogP contribution in [-0.4, -0.2) is 25.8 Å². The zero-order valence-electron chi connectivity index (χ0n) is 15.6. The Balaban J connectivity index is 1.65. The summed E-state index contributed by atoms with van der Waals surface area (Å²) in [6.45, 7) is 1.79. The molecule has 0 aliphatic carbocycles. The maximum Gasteiger partial charge on any atom is 0.265 e. The summed E-state index contributed by atoms with van der Waals surface area (Å²) in [5.41, 5.74) is 2.46. The van der Waals surface area contributed by atoms with Crippen LogP contribution in [0.5, 0.6) is 5.75 Å². The molecule has 4 rings (SSSR count). The lowest BCUT2D eigenvalue weighted by molar-refractivity contribution is 0.402. The van der Waals surface area contributed by atoms with Crippen molar-refractivity contribution in [3.8, 4) is 28.4 Å². The van der Waals surface area contributed by atoms with E-state index in [0.717, 1.165) is 5.56 Å². The number of nitrogens with zero attached hydrogens (tertiary/aromatic N) is 2. The quantitative estimate of drug-likeness (QED) is 0.508. The molecule has 0 aliphatic heterocycles. The predicted molar refractivity (Wildman–Crippen MR) is 106 cm³/mol. The Labute approximate surface area is 167 Å². The third-order valence-corrected chi connectivity index (χ3v) is 5.63. The molecule has 1 N–H and O–H groups in total. The number of ether oxygens (including phenoxy) is 1. The van der Waals surface area contributed by atoms with E-state index in [4.69, 9.17) is 13.8 Å². The monoisotopic (exact) mass is 411 g/mol. The van der Waals surface area contributed by atoms with E-state index in [1.807, 2.05) is 0 Å². The van der Waals surface area contributed by atoms with Gasteiger partial charge in [-0.25, -0.2) is 8.42 Å². The van der Waals surface area contributed by atoms with Crippen molar-refractivity contribution in [2.45, 2.75) is 11.8 Å². The summed E-state index contributed by atoms with van der Waals surface area (Å²) in [6, 6.07) is 15.0. The fourth-order valence-corrected chi connectivity index (χ4v) is 4.07. The second-order valence-corrected chi connectivity index (χ2v) is 7.91. The number of hydrogen-bond donors (Lipinski definition) is 1. The summed E-state index contributed by atoms with van der Waals surface area (Å²) >= 11 is 0. The largest absolute Gasteiger partial charge is 0.495 e. The van der Waals surface area contributed by atoms with Gasteiger partial charge in [0.1, 0.15) is 10.6 Å². The van der Waals surface area contributed by atoms with Gasteiger partial charge < -0.3 is 13.8 Å². The van der Waals surface area contributed by atoms with Crippen molar-refractivity contribution in [1.82, 2.24) is 10.3 Å². The minimum Gasteiger partial charge on any atom is -0.495 e. The van der Waals surface area contributed by atoms with Crippen LogP contribution in [0.1, 0.15) is 5.69 Å². The fraction of sp³-hybridized carbons (Fsp3) is 0.100. The number of hydrogen-bond acceptors (Lipinski definition) is 7. The van der Waals surface area contributed by atoms with Crippen LogP contribution >= 0.6 is 0 Å². The van der Waals surface area contributed by atoms with E-state index in [-0.39, 0.29) is 10.6 Å². The summed E-state index contributed by atoms with van der Waals surface area (Å²) in [5.74, 6) is 1.28. The summed E-state index contributed by atoms with van der Waals surface area (Å²) in [5, 5.41) is 7.50. The predicted octanol–water partition coefficient (Wildman–Crippen LogP) is 4.11. The third kappa shape index (κ3) is 3.85. The van der Waals surface area contributed by atoms with Gasteiger partial charge in [-0.2, -0.15) is 0 Å². The first-order valence-electron chi connectivity index (χ1n) is 8.62. The second kappa shape index (κ2) is 7.44. The van der Waals surface area contributed by atoms with Gasteiger partial charge in [0, 0.05) is 28.9 Å². The van der Waals surface area contributed by atoms with Crippen LogP contribution in [0, 0.1) is 6.92 Å². The van der Waals surface area contributed by atoms with Crippen LogP contribution in [0.4, 0.5) is 5.69 Å². The molecule has 0 fully saturated rings. The van der Waals surface area contributed by atoms with E-state index in [9.17, 15) is 8.42 Å². The Morgan fingerprint density at radius 2 is 1.69 bits per heavy atom. The molecule has 2 aromatic carbocycles. The summed E-state index contributed by atoms with van der Waals surface area (Å²) in [4.78, 5) is -0.00846. The molecule has 0 atom stereocenters. The minimum absolute atomic E-state index is 0.00846. The van der Waals surface area contributed by atoms with Gasteiger partial charge in [0.2, 0.25) is 0 Å². The van der Waals surface area contributed by atoms with Gasteiger partial charge in [0.05, 0.1) is 19.0 Å². The van der Waals surface area contributed by atoms with Crippen LogP contribution in [0.25, 0.3) is 22.6 Å². The van der Waals surface area contributed by atoms with Gasteiger partial charge in [-0.1, -0.05) is 10.3 Å². The van der Waals surface area contributed by atoms with Gasteiger partial charge >= 0.3 is 0 Å². The number of benzene rings is 2. The van der Waals surface area contributed by atoms with Crippen molar-refractivity contribution < 1.29 is 22.2 Å². The topological polar surface area (TPSA) is 107 Å². The van der Waals surface area contributed by atoms with E-state index in [2.05, 4.69) is 15.0 Å². The Hall–Kier alpha value is -3.59. The maximum atomic E-state index is 13.0. The third-order valence-electron chi connectivity index (χ3n) is 4.23. The highest BCUT2D eigenvalue weighted by molar-refractivity contribution is 7.92. The Bertz CT molecular complexity index is 1230. The lowest BCUT2D eigenvalue weighted by Crippen LogP contribution is -2.14. The van der Waals surface area contributed by atoms with Crippen LogP contribution in [-0.2, 0) is 10.0 Å². The molecule has 0 saturated carbocycles. The van der Waals surface area contributed by atoms with E-state index >= 15 is 0 Å². The first kappa shape index (κ1) is 18.8. The zero-order chi connectivity index (χ0) is 20.4. The van der Waals surface area contributed by atoms with Crippen LogP contribution in [0.2, 0.25) is 0 Å². The number of methoxy groups -OCH3 is 1. The van der Waals surface area contributed by atoms with Crippen molar-refractivity contribution in [3.63, 3.8) is 0 Å². The second-order valence-electron chi connectivity index (χ2n) is 6.26. The molecule has 0 radical (unpaired) electrons. The van der Waals surface area contributed by atoms with Crippen molar-refractivity contribution in [1.29, 1.82) is 0 Å². The molecule has 0 amide bonds. The minimum atomic E-state index is -3.92. The smallest absolute Gasteiger partial charge is 0.265 e. The summed E-state index contributed by atoms with van der Waals surface area (Å²) in [6.07, 6.45) is 1.54. The molecular weight excluding hydrogens is 394 g/mol. The molecule has 29 heavy (non-hydrogen) atoms. The lowest BCUT2D eigenvalue weighted by atomic mass is 10.1. The highest BCUT2D eigenvalue weighted by atomic mass is 32.2. The SMILES string of the molecule is COc1ccc(-c2cc(C)no2)cc1S(=O)(=O)Nc1ccc(-c2ccno2)cc1. The Morgan fingerprint density at radius 1 is 0.931 bits per heavy atom. The molecule has 0 bridgehead atoms. The molecule has 2 heterocycles. The van der Waals surface area contributed by atoms with Gasteiger partial charge in [-0.15, -0.1) is 0 Å². The summed E-state index contributed by atoms with van der Waals surface area (Å²) < 4.78 is 44.2. The molecule has 2 aromatic heterocycles. The number of anilines is 1. The standard InChI is InChI=1S/C20H17N3O5S/c1-13-11-19(28-22-13)15-5-8-18(26-2)20(12-15)29(24,25)23-16-6-3-14(4-7-16)17-9-10-21-27-17/h3-12,23H,1-2H3. The van der Waals surface area contributed by atoms with E-state index < -0.39 is 10.0 Å². The number of sulfonamides is 1. The highest BCUT2D eigenvalue weighted by Crippen LogP contribution is 2.32. The molecule has 4 aromatic rings. The normalized spacial score (nSPS) is 11.4. The maximum absolute atomic E-state index is 13.0. The first-order chi connectivity index (χ1) is 14.0. The molecule has 0 aliphatic rings. The number of nitrogens with one attached hydrogen (secondary N) is 1. The molecule has 0 unspecified atom stereocenters. The first-order valence-corrected chi connectivity index (χ1v) is 10.1. The van der Waals surface area contributed by atoms with Crippen molar-refractivity contribution in [2.24, 2.45) is 0 Å². The fourth-order valence-electron chi connectivity index (χ4n) is 2.82. The van der Waals surface area contributed by atoms with Crippen molar-refractivity contribution in [2.75, 3.05) is 11.8 Å². The van der Waals surface area contributed by atoms with Crippen LogP contribution < -0.4 is 9.46 Å². The van der Waals surface area contributed by atoms with Crippen LogP contribution in [0.15, 0.2) is 74.7 Å². The Morgan fingerprint density at radius 3 is 2.31 bits per heavy atom. The highest BCUT2D eigenvalue weighted by Gasteiger charge is 2.22. The van der Waals surface area contributed by atoms with E-state index in [1.165, 1.54) is 13.2 Å². The van der Waals surface area contributed by atoms with Crippen molar-refractivity contribution >= 4 is 15.7 Å². The molecular formula is C20H17N3O5S. The average Bonchev–Trinajstić information content (AvgIpc) is 3.40. The number of rotatable bonds is 6. The zero-order valence-corrected chi connectivity index (χ0v) is 16.4. The lowest BCUT2D eigenvalue weighted by Gasteiger charge is -2.13. The molecule has 0 spiro atoms. The molecule has 8 nitrogen and oxygen atoms in total. The van der Waals surface area contributed by atoms with E-state index in [1.54, 1.807) is 61.7 Å². The van der Waals surface area contributed by atoms with Gasteiger partial charge in [0.25, 0.3) is 10.0 Å². The summed E-state index contributed by atoms with van der Waals surface area (Å²) in [7, 11) is -2.50. The number of aryl methyl sites for hydroxylation is 1. The van der Waals surface area contributed by atoms with Gasteiger partial charge in [0.15, 0.2) is 11.5 Å². The molecule has 148 valence electrons. The van der Waals surface area contributed by atoms with E-state index in [0.29, 0.717) is 28.5 Å². The van der Waals surface area contributed by atoms with Crippen molar-refractivity contribution in [3.05, 3.63) is 66.5 Å². The van der Waals surface area contributed by atoms with Crippen LogP contribution in [0.3, 0.4) is 0 Å². The molecule has 0 saturated heterocycles.